The summed E-state index contributed by atoms with van der Waals surface area (Å²) in [6, 6.07) is 5.36. The third-order valence-electron chi connectivity index (χ3n) is 6.97. The van der Waals surface area contributed by atoms with Crippen molar-refractivity contribution in [3.63, 3.8) is 0 Å². The molecule has 2 aliphatic heterocycles. The third-order valence-corrected chi connectivity index (χ3v) is 6.97. The van der Waals surface area contributed by atoms with Crippen LogP contribution in [0, 0.1) is 24.5 Å². The molecule has 34 heavy (non-hydrogen) atoms. The zero-order valence-corrected chi connectivity index (χ0v) is 19.0. The van der Waals surface area contributed by atoms with E-state index in [1.165, 1.54) is 24.0 Å². The first kappa shape index (κ1) is 24.2. The van der Waals surface area contributed by atoms with Crippen LogP contribution in [0.15, 0.2) is 36.4 Å². The lowest BCUT2D eigenvalue weighted by Gasteiger charge is -2.51. The summed E-state index contributed by atoms with van der Waals surface area (Å²) in [5.74, 6) is -8.15. The number of halogens is 4. The van der Waals surface area contributed by atoms with Gasteiger partial charge in [0.25, 0.3) is 11.8 Å². The van der Waals surface area contributed by atoms with Crippen LogP contribution in [0.2, 0.25) is 0 Å². The van der Waals surface area contributed by atoms with Crippen LogP contribution in [0.5, 0.6) is 0 Å². The molecule has 3 N–H and O–H groups in total. The Morgan fingerprint density at radius 1 is 1.06 bits per heavy atom. The number of carbonyl (C=O) groups excluding carboxylic acids is 2. The number of aryl methyl sites for hydroxylation is 1. The Kier molecular flexibility index (Phi) is 6.42. The minimum atomic E-state index is -4.16. The molecular formula is C25H27F4N3O2. The topological polar surface area (TPSA) is 75.4 Å². The van der Waals surface area contributed by atoms with Crippen molar-refractivity contribution in [2.24, 2.45) is 11.7 Å². The summed E-state index contributed by atoms with van der Waals surface area (Å²) in [5.41, 5.74) is 5.22. The Morgan fingerprint density at radius 3 is 2.47 bits per heavy atom. The Labute approximate surface area is 195 Å². The number of benzene rings is 2. The van der Waals surface area contributed by atoms with Gasteiger partial charge >= 0.3 is 5.92 Å². The van der Waals surface area contributed by atoms with Crippen molar-refractivity contribution < 1.29 is 27.2 Å². The highest BCUT2D eigenvalue weighted by atomic mass is 19.3. The molecule has 2 bridgehead atoms. The molecule has 2 heterocycles. The molecule has 0 aromatic heterocycles. The average Bonchev–Trinajstić information content (AvgIpc) is 2.78. The summed E-state index contributed by atoms with van der Waals surface area (Å²) in [6.45, 7) is 3.41. The molecule has 0 spiro atoms. The zero-order chi connectivity index (χ0) is 24.8. The van der Waals surface area contributed by atoms with Gasteiger partial charge in [0.2, 0.25) is 0 Å². The SMILES string of the molecule is Cc1cc(NC(=O)c2ccc(F)c(C(F)(F)C(=O)N3[C@H]4CC[C@@H](C)[C@@H]3C[C@H](N)C4)c2)ccc1F. The molecular weight excluding hydrogens is 450 g/mol. The van der Waals surface area contributed by atoms with Crippen LogP contribution in [-0.2, 0) is 10.7 Å². The van der Waals surface area contributed by atoms with E-state index in [0.29, 0.717) is 25.3 Å². The second kappa shape index (κ2) is 9.02. The molecule has 2 aromatic rings. The molecule has 5 nitrogen and oxygen atoms in total. The van der Waals surface area contributed by atoms with Crippen molar-refractivity contribution in [2.45, 2.75) is 63.6 Å². The number of nitrogens with zero attached hydrogens (tertiary/aromatic N) is 1. The van der Waals surface area contributed by atoms with Gasteiger partial charge in [0.05, 0.1) is 5.56 Å². The molecule has 2 saturated heterocycles. The van der Waals surface area contributed by atoms with Crippen molar-refractivity contribution in [2.75, 3.05) is 5.32 Å². The fourth-order valence-corrected chi connectivity index (χ4v) is 5.09. The van der Waals surface area contributed by atoms with E-state index in [1.807, 2.05) is 6.92 Å². The molecule has 0 radical (unpaired) electrons. The summed E-state index contributed by atoms with van der Waals surface area (Å²) >= 11 is 0. The summed E-state index contributed by atoms with van der Waals surface area (Å²) in [4.78, 5) is 26.9. The van der Waals surface area contributed by atoms with Crippen LogP contribution in [0.25, 0.3) is 0 Å². The molecule has 4 rings (SSSR count). The normalized spacial score (nSPS) is 24.6. The van der Waals surface area contributed by atoms with Crippen LogP contribution in [0.1, 0.15) is 54.1 Å². The van der Waals surface area contributed by atoms with E-state index >= 15 is 8.78 Å². The van der Waals surface area contributed by atoms with Gasteiger partial charge in [-0.1, -0.05) is 6.92 Å². The van der Waals surface area contributed by atoms with Gasteiger partial charge in [-0.3, -0.25) is 9.59 Å². The molecule has 2 amide bonds. The highest BCUT2D eigenvalue weighted by Gasteiger charge is 2.53. The maximum Gasteiger partial charge on any atom is 0.352 e. The first-order valence-corrected chi connectivity index (χ1v) is 11.3. The van der Waals surface area contributed by atoms with Crippen LogP contribution >= 0.6 is 0 Å². The lowest BCUT2D eigenvalue weighted by atomic mass is 9.76. The second-order valence-electron chi connectivity index (χ2n) is 9.41. The lowest BCUT2D eigenvalue weighted by molar-refractivity contribution is -0.172. The zero-order valence-electron chi connectivity index (χ0n) is 19.0. The number of fused-ring (bicyclic) bond motifs is 2. The predicted molar refractivity (Wildman–Crippen MR) is 119 cm³/mol. The third kappa shape index (κ3) is 4.41. The number of anilines is 1. The van der Waals surface area contributed by atoms with Crippen LogP contribution in [0.3, 0.4) is 0 Å². The van der Waals surface area contributed by atoms with E-state index in [-0.39, 0.29) is 28.8 Å². The molecule has 9 heteroatoms. The first-order chi connectivity index (χ1) is 16.0. The fraction of sp³-hybridized carbons (Fsp3) is 0.440. The summed E-state index contributed by atoms with van der Waals surface area (Å²) in [6.07, 6.45) is 2.22. The smallest absolute Gasteiger partial charge is 0.331 e. The van der Waals surface area contributed by atoms with Gasteiger partial charge in [-0.25, -0.2) is 8.78 Å². The number of alkyl halides is 2. The number of carbonyl (C=O) groups is 2. The van der Waals surface area contributed by atoms with Crippen molar-refractivity contribution in [3.8, 4) is 0 Å². The standard InChI is InChI=1S/C25H27F4N3O2/c1-13-3-6-18-11-16(30)12-22(13)32(18)24(34)25(28,29)19-10-15(4-7-21(19)27)23(33)31-17-5-8-20(26)14(2)9-17/h4-5,7-10,13,16,18,22H,3,6,11-12,30H2,1-2H3,(H,31,33)/t13-,16-,18+,22+/m1/s1. The van der Waals surface area contributed by atoms with Crippen molar-refractivity contribution in [3.05, 3.63) is 64.7 Å². The maximum atomic E-state index is 15.5. The fourth-order valence-electron chi connectivity index (χ4n) is 5.09. The molecule has 0 unspecified atom stereocenters. The summed E-state index contributed by atoms with van der Waals surface area (Å²) in [5, 5.41) is 2.48. The molecule has 2 fully saturated rings. The van der Waals surface area contributed by atoms with E-state index in [2.05, 4.69) is 5.32 Å². The number of rotatable bonds is 4. The van der Waals surface area contributed by atoms with E-state index in [4.69, 9.17) is 5.73 Å². The van der Waals surface area contributed by atoms with Gasteiger partial charge in [-0.2, -0.15) is 8.78 Å². The number of hydrogen-bond donors (Lipinski definition) is 2. The summed E-state index contributed by atoms with van der Waals surface area (Å²) in [7, 11) is 0. The predicted octanol–water partition coefficient (Wildman–Crippen LogP) is 4.73. The highest BCUT2D eigenvalue weighted by Crippen LogP contribution is 2.42. The van der Waals surface area contributed by atoms with Gasteiger partial charge in [0, 0.05) is 29.4 Å². The number of amides is 2. The van der Waals surface area contributed by atoms with E-state index in [1.54, 1.807) is 0 Å². The van der Waals surface area contributed by atoms with Gasteiger partial charge in [0.1, 0.15) is 11.6 Å². The number of nitrogens with one attached hydrogen (secondary N) is 1. The molecule has 0 saturated carbocycles. The second-order valence-corrected chi connectivity index (χ2v) is 9.41. The number of piperidine rings is 2. The number of hydrogen-bond acceptors (Lipinski definition) is 3. The first-order valence-electron chi connectivity index (χ1n) is 11.3. The molecule has 182 valence electrons. The quantitative estimate of drug-likeness (QED) is 0.625. The van der Waals surface area contributed by atoms with Gasteiger partial charge in [-0.05, 0) is 80.5 Å². The largest absolute Gasteiger partial charge is 0.352 e. The van der Waals surface area contributed by atoms with Crippen molar-refractivity contribution in [1.82, 2.24) is 4.90 Å². The van der Waals surface area contributed by atoms with Crippen LogP contribution < -0.4 is 11.1 Å². The molecule has 0 aliphatic carbocycles. The van der Waals surface area contributed by atoms with Crippen LogP contribution in [0.4, 0.5) is 23.2 Å². The van der Waals surface area contributed by atoms with E-state index in [0.717, 1.165) is 24.6 Å². The van der Waals surface area contributed by atoms with Gasteiger partial charge in [0.15, 0.2) is 0 Å². The molecule has 4 atom stereocenters. The Hall–Kier alpha value is -2.94. The maximum absolute atomic E-state index is 15.5. The van der Waals surface area contributed by atoms with E-state index < -0.39 is 47.0 Å². The van der Waals surface area contributed by atoms with Gasteiger partial charge < -0.3 is 16.0 Å². The number of nitrogens with two attached hydrogens (primary N) is 1. The highest BCUT2D eigenvalue weighted by molar-refractivity contribution is 6.04. The van der Waals surface area contributed by atoms with Gasteiger partial charge in [-0.15, -0.1) is 0 Å². The summed E-state index contributed by atoms with van der Waals surface area (Å²) < 4.78 is 58.9. The minimum absolute atomic E-state index is 0.00322. The minimum Gasteiger partial charge on any atom is -0.331 e. The van der Waals surface area contributed by atoms with Crippen molar-refractivity contribution >= 4 is 17.5 Å². The van der Waals surface area contributed by atoms with Crippen LogP contribution in [-0.4, -0.2) is 34.8 Å². The van der Waals surface area contributed by atoms with E-state index in [9.17, 15) is 18.4 Å². The van der Waals surface area contributed by atoms with Crippen molar-refractivity contribution in [1.29, 1.82) is 0 Å². The Balaban J connectivity index is 1.61. The molecule has 2 aromatic carbocycles. The Bertz CT molecular complexity index is 1120. The molecule has 2 aliphatic rings. The Morgan fingerprint density at radius 2 is 1.76 bits per heavy atom. The lowest BCUT2D eigenvalue weighted by Crippen LogP contribution is -2.62. The monoisotopic (exact) mass is 477 g/mol. The average molecular weight is 478 g/mol.